The summed E-state index contributed by atoms with van der Waals surface area (Å²) in [6.45, 7) is 5.49. The maximum Gasteiger partial charge on any atom is 0.220 e. The van der Waals surface area contributed by atoms with E-state index in [-0.39, 0.29) is 5.91 Å². The summed E-state index contributed by atoms with van der Waals surface area (Å²) in [5.74, 6) is 0.132. The van der Waals surface area contributed by atoms with Gasteiger partial charge >= 0.3 is 0 Å². The molecule has 4 nitrogen and oxygen atoms in total. The molecule has 0 aliphatic rings. The van der Waals surface area contributed by atoms with Gasteiger partial charge in [0.2, 0.25) is 5.91 Å². The zero-order valence-corrected chi connectivity index (χ0v) is 10.8. The molecule has 0 aliphatic carbocycles. The fourth-order valence-corrected chi connectivity index (χ4v) is 1.19. The summed E-state index contributed by atoms with van der Waals surface area (Å²) in [4.78, 5) is 13.4. The molecule has 0 unspecified atom stereocenters. The molecular weight excluding hydrogens is 202 g/mol. The average molecular weight is 227 g/mol. The van der Waals surface area contributed by atoms with E-state index in [1.807, 2.05) is 33.2 Å². The maximum absolute atomic E-state index is 11.3. The van der Waals surface area contributed by atoms with Crippen LogP contribution in [0.3, 0.4) is 0 Å². The molecule has 0 fully saturated rings. The molecule has 4 heteroatoms. The molecule has 0 aromatic rings. The van der Waals surface area contributed by atoms with E-state index >= 15 is 0 Å². The van der Waals surface area contributed by atoms with Crippen LogP contribution in [0.1, 0.15) is 19.8 Å². The third-order valence-electron chi connectivity index (χ3n) is 2.13. The molecule has 0 bridgehead atoms. The molecule has 0 heterocycles. The molecule has 0 rings (SSSR count). The van der Waals surface area contributed by atoms with Crippen molar-refractivity contribution in [3.8, 4) is 0 Å². The maximum atomic E-state index is 11.3. The van der Waals surface area contributed by atoms with Gasteiger partial charge in [-0.3, -0.25) is 4.79 Å². The van der Waals surface area contributed by atoms with Gasteiger partial charge in [-0.1, -0.05) is 12.2 Å². The Morgan fingerprint density at radius 2 is 2.00 bits per heavy atom. The lowest BCUT2D eigenvalue weighted by Gasteiger charge is -2.10. The average Bonchev–Trinajstić information content (AvgIpc) is 2.23. The van der Waals surface area contributed by atoms with Crippen LogP contribution in [0.2, 0.25) is 0 Å². The third kappa shape index (κ3) is 11.2. The molecule has 0 radical (unpaired) electrons. The second kappa shape index (κ2) is 10.6. The molecule has 0 atom stereocenters. The predicted molar refractivity (Wildman–Crippen MR) is 68.5 cm³/mol. The van der Waals surface area contributed by atoms with E-state index in [4.69, 9.17) is 0 Å². The van der Waals surface area contributed by atoms with Gasteiger partial charge in [0.25, 0.3) is 0 Å². The van der Waals surface area contributed by atoms with Gasteiger partial charge in [-0.25, -0.2) is 0 Å². The number of allylic oxidation sites excluding steroid dienone is 2. The SMILES string of the molecule is C/C=C/CCC(=O)NCCNCCN(C)C. The molecule has 0 aliphatic heterocycles. The number of nitrogens with zero attached hydrogens (tertiary/aromatic N) is 1. The first kappa shape index (κ1) is 15.1. The number of rotatable bonds is 9. The van der Waals surface area contributed by atoms with Crippen molar-refractivity contribution in [2.45, 2.75) is 19.8 Å². The number of likely N-dealkylation sites (N-methyl/N-ethyl adjacent to an activating group) is 1. The van der Waals surface area contributed by atoms with Crippen LogP contribution >= 0.6 is 0 Å². The number of hydrogen-bond acceptors (Lipinski definition) is 3. The Bertz CT molecular complexity index is 202. The highest BCUT2D eigenvalue weighted by atomic mass is 16.1. The second-order valence-electron chi connectivity index (χ2n) is 4.01. The smallest absolute Gasteiger partial charge is 0.220 e. The van der Waals surface area contributed by atoms with Crippen molar-refractivity contribution in [1.82, 2.24) is 15.5 Å². The summed E-state index contributed by atoms with van der Waals surface area (Å²) in [6.07, 6.45) is 5.39. The highest BCUT2D eigenvalue weighted by Crippen LogP contribution is 1.89. The van der Waals surface area contributed by atoms with Crippen molar-refractivity contribution in [2.24, 2.45) is 0 Å². The van der Waals surface area contributed by atoms with Crippen LogP contribution in [-0.4, -0.2) is 51.1 Å². The summed E-state index contributed by atoms with van der Waals surface area (Å²) < 4.78 is 0. The Labute approximate surface area is 99.1 Å². The van der Waals surface area contributed by atoms with Gasteiger partial charge in [0, 0.05) is 32.6 Å². The van der Waals surface area contributed by atoms with Crippen molar-refractivity contribution in [3.63, 3.8) is 0 Å². The number of nitrogens with one attached hydrogen (secondary N) is 2. The summed E-state index contributed by atoms with van der Waals surface area (Å²) in [7, 11) is 4.09. The van der Waals surface area contributed by atoms with E-state index in [2.05, 4.69) is 15.5 Å². The number of hydrogen-bond donors (Lipinski definition) is 2. The first-order chi connectivity index (χ1) is 7.66. The Hall–Kier alpha value is -0.870. The van der Waals surface area contributed by atoms with Crippen molar-refractivity contribution < 1.29 is 4.79 Å². The van der Waals surface area contributed by atoms with Crippen LogP contribution in [0.5, 0.6) is 0 Å². The quantitative estimate of drug-likeness (QED) is 0.448. The van der Waals surface area contributed by atoms with Gasteiger partial charge in [0.1, 0.15) is 0 Å². The lowest BCUT2D eigenvalue weighted by atomic mass is 10.3. The van der Waals surface area contributed by atoms with E-state index in [0.717, 1.165) is 26.1 Å². The van der Waals surface area contributed by atoms with E-state index in [0.29, 0.717) is 13.0 Å². The lowest BCUT2D eigenvalue weighted by molar-refractivity contribution is -0.120. The Kier molecular flexibility index (Phi) is 10.1. The summed E-state index contributed by atoms with van der Waals surface area (Å²) in [6, 6.07) is 0. The van der Waals surface area contributed by atoms with Gasteiger partial charge in [0.05, 0.1) is 0 Å². The summed E-state index contributed by atoms with van der Waals surface area (Å²) in [5, 5.41) is 6.15. The topological polar surface area (TPSA) is 44.4 Å². The molecule has 0 saturated heterocycles. The van der Waals surface area contributed by atoms with E-state index in [1.165, 1.54) is 0 Å². The van der Waals surface area contributed by atoms with Crippen molar-refractivity contribution in [2.75, 3.05) is 40.3 Å². The minimum atomic E-state index is 0.132. The summed E-state index contributed by atoms with van der Waals surface area (Å²) >= 11 is 0. The van der Waals surface area contributed by atoms with Crippen molar-refractivity contribution in [3.05, 3.63) is 12.2 Å². The molecule has 0 spiro atoms. The number of carbonyl (C=O) groups is 1. The molecular formula is C12H25N3O. The molecule has 1 amide bonds. The van der Waals surface area contributed by atoms with Crippen LogP contribution in [-0.2, 0) is 4.79 Å². The highest BCUT2D eigenvalue weighted by molar-refractivity contribution is 5.75. The van der Waals surface area contributed by atoms with Crippen molar-refractivity contribution in [1.29, 1.82) is 0 Å². The first-order valence-electron chi connectivity index (χ1n) is 5.90. The third-order valence-corrected chi connectivity index (χ3v) is 2.13. The van der Waals surface area contributed by atoms with Gasteiger partial charge in [-0.15, -0.1) is 0 Å². The Morgan fingerprint density at radius 1 is 1.25 bits per heavy atom. The molecule has 0 saturated carbocycles. The van der Waals surface area contributed by atoms with E-state index in [9.17, 15) is 4.79 Å². The normalized spacial score (nSPS) is 11.2. The fourth-order valence-electron chi connectivity index (χ4n) is 1.19. The molecule has 0 aromatic heterocycles. The van der Waals surface area contributed by atoms with E-state index in [1.54, 1.807) is 0 Å². The second-order valence-corrected chi connectivity index (χ2v) is 4.01. The largest absolute Gasteiger partial charge is 0.355 e. The molecule has 94 valence electrons. The van der Waals surface area contributed by atoms with Crippen molar-refractivity contribution >= 4 is 5.91 Å². The van der Waals surface area contributed by atoms with Gasteiger partial charge in [-0.05, 0) is 27.4 Å². The van der Waals surface area contributed by atoms with Crippen LogP contribution in [0, 0.1) is 0 Å². The number of carbonyl (C=O) groups excluding carboxylic acids is 1. The Morgan fingerprint density at radius 3 is 2.62 bits per heavy atom. The zero-order valence-electron chi connectivity index (χ0n) is 10.8. The fraction of sp³-hybridized carbons (Fsp3) is 0.750. The standard InChI is InChI=1S/C12H25N3O/c1-4-5-6-7-12(16)14-9-8-13-10-11-15(2)3/h4-5,13H,6-11H2,1-3H3,(H,14,16)/b5-4+. The van der Waals surface area contributed by atoms with Gasteiger partial charge in [-0.2, -0.15) is 0 Å². The minimum absolute atomic E-state index is 0.132. The van der Waals surface area contributed by atoms with Crippen LogP contribution in [0.4, 0.5) is 0 Å². The predicted octanol–water partition coefficient (Wildman–Crippen LogP) is 0.610. The first-order valence-corrected chi connectivity index (χ1v) is 5.90. The van der Waals surface area contributed by atoms with Crippen LogP contribution in [0.25, 0.3) is 0 Å². The highest BCUT2D eigenvalue weighted by Gasteiger charge is 1.97. The Balaban J connectivity index is 3.21. The summed E-state index contributed by atoms with van der Waals surface area (Å²) in [5.41, 5.74) is 0. The molecule has 16 heavy (non-hydrogen) atoms. The van der Waals surface area contributed by atoms with Crippen LogP contribution in [0.15, 0.2) is 12.2 Å². The monoisotopic (exact) mass is 227 g/mol. The molecule has 2 N–H and O–H groups in total. The van der Waals surface area contributed by atoms with Gasteiger partial charge < -0.3 is 15.5 Å². The minimum Gasteiger partial charge on any atom is -0.355 e. The molecule has 0 aromatic carbocycles. The lowest BCUT2D eigenvalue weighted by Crippen LogP contribution is -2.34. The zero-order chi connectivity index (χ0) is 12.2. The number of amides is 1. The van der Waals surface area contributed by atoms with Crippen LogP contribution < -0.4 is 10.6 Å². The van der Waals surface area contributed by atoms with E-state index < -0.39 is 0 Å². The van der Waals surface area contributed by atoms with Gasteiger partial charge in [0.15, 0.2) is 0 Å².